The molecule has 1 heterocycles. The number of allylic oxidation sites excluding steroid dienone is 4. The van der Waals surface area contributed by atoms with Crippen molar-refractivity contribution < 1.29 is 19.4 Å². The number of hydrogen-bond acceptors (Lipinski definition) is 6. The average Bonchev–Trinajstić information content (AvgIpc) is 2.91. The number of carbonyl (C=O) groups is 1. The zero-order chi connectivity index (χ0) is 20.0. The summed E-state index contributed by atoms with van der Waals surface area (Å²) in [5, 5.41) is 10.5. The second-order valence-electron chi connectivity index (χ2n) is 5.50. The Bertz CT molecular complexity index is 868. The van der Waals surface area contributed by atoms with Crippen LogP contribution in [0.4, 0.5) is 5.69 Å². The number of nitrogens with zero attached hydrogens (tertiary/aromatic N) is 2. The first-order valence-corrected chi connectivity index (χ1v) is 8.92. The number of aliphatic imine (C=N–C) groups is 1. The van der Waals surface area contributed by atoms with Gasteiger partial charge in [0.25, 0.3) is 5.91 Å². The largest absolute Gasteiger partial charge is 0.504 e. The van der Waals surface area contributed by atoms with Gasteiger partial charge >= 0.3 is 0 Å². The van der Waals surface area contributed by atoms with E-state index in [1.165, 1.54) is 29.8 Å². The molecule has 1 aliphatic heterocycles. The summed E-state index contributed by atoms with van der Waals surface area (Å²) in [6.45, 7) is 5.61. The van der Waals surface area contributed by atoms with Crippen molar-refractivity contribution in [3.05, 3.63) is 71.1 Å². The van der Waals surface area contributed by atoms with Crippen molar-refractivity contribution in [2.24, 2.45) is 4.99 Å². The van der Waals surface area contributed by atoms with Crippen molar-refractivity contribution in [3.8, 4) is 5.75 Å². The molecule has 1 aromatic rings. The SMILES string of the molecule is C=C(/C=C1\SC(=Nc2ccccc2OC)N(C)C1=O)/C=C(O)\C(=C/C)OC. The highest BCUT2D eigenvalue weighted by Gasteiger charge is 2.30. The molecular weight excluding hydrogens is 364 g/mol. The lowest BCUT2D eigenvalue weighted by molar-refractivity contribution is -0.121. The van der Waals surface area contributed by atoms with Crippen LogP contribution in [0.5, 0.6) is 5.75 Å². The van der Waals surface area contributed by atoms with E-state index in [0.29, 0.717) is 32.8 Å². The topological polar surface area (TPSA) is 71.4 Å². The summed E-state index contributed by atoms with van der Waals surface area (Å²) < 4.78 is 10.3. The maximum absolute atomic E-state index is 12.5. The molecule has 27 heavy (non-hydrogen) atoms. The number of carbonyl (C=O) groups excluding carboxylic acids is 1. The number of methoxy groups -OCH3 is 2. The monoisotopic (exact) mass is 386 g/mol. The average molecular weight is 386 g/mol. The molecule has 1 N–H and O–H groups in total. The molecule has 0 unspecified atom stereocenters. The first kappa shape index (κ1) is 20.4. The molecule has 0 aromatic heterocycles. The number of benzene rings is 1. The Morgan fingerprint density at radius 3 is 2.67 bits per heavy atom. The highest BCUT2D eigenvalue weighted by atomic mass is 32.2. The van der Waals surface area contributed by atoms with Crippen LogP contribution in [0.3, 0.4) is 0 Å². The Labute approximate surface area is 163 Å². The second-order valence-corrected chi connectivity index (χ2v) is 6.51. The molecule has 1 amide bonds. The number of amidine groups is 1. The Hall–Kier alpha value is -2.93. The molecular formula is C20H22N2O4S. The van der Waals surface area contributed by atoms with Gasteiger partial charge in [-0.25, -0.2) is 4.99 Å². The lowest BCUT2D eigenvalue weighted by atomic mass is 10.2. The molecule has 1 saturated heterocycles. The maximum Gasteiger partial charge on any atom is 0.266 e. The van der Waals surface area contributed by atoms with Gasteiger partial charge in [-0.2, -0.15) is 0 Å². The molecule has 0 aliphatic carbocycles. The van der Waals surface area contributed by atoms with Crippen LogP contribution >= 0.6 is 11.8 Å². The zero-order valence-corrected chi connectivity index (χ0v) is 16.5. The van der Waals surface area contributed by atoms with Crippen molar-refractivity contribution in [1.29, 1.82) is 0 Å². The molecule has 1 aliphatic rings. The Morgan fingerprint density at radius 1 is 1.33 bits per heavy atom. The number of aliphatic hydroxyl groups excluding tert-OH is 1. The molecule has 0 radical (unpaired) electrons. The second kappa shape index (κ2) is 9.14. The molecule has 7 heteroatoms. The number of para-hydroxylation sites is 2. The fourth-order valence-electron chi connectivity index (χ4n) is 2.30. The van der Waals surface area contributed by atoms with Crippen LogP contribution in [-0.2, 0) is 9.53 Å². The first-order chi connectivity index (χ1) is 12.9. The Balaban J connectivity index is 2.27. The van der Waals surface area contributed by atoms with Crippen LogP contribution in [-0.4, -0.2) is 42.3 Å². The highest BCUT2D eigenvalue weighted by Crippen LogP contribution is 2.35. The third-order valence-corrected chi connectivity index (χ3v) is 4.74. The normalized spacial score (nSPS) is 18.4. The fraction of sp³-hybridized carbons (Fsp3) is 0.200. The summed E-state index contributed by atoms with van der Waals surface area (Å²) in [5.74, 6) is 0.698. The predicted octanol–water partition coefficient (Wildman–Crippen LogP) is 4.32. The molecule has 1 aromatic carbocycles. The van der Waals surface area contributed by atoms with Gasteiger partial charge in [0.15, 0.2) is 16.7 Å². The van der Waals surface area contributed by atoms with E-state index >= 15 is 0 Å². The number of amides is 1. The number of aliphatic hydroxyl groups is 1. The summed E-state index contributed by atoms with van der Waals surface area (Å²) in [4.78, 5) is 18.9. The molecule has 1 fully saturated rings. The number of rotatable bonds is 6. The minimum absolute atomic E-state index is 0.0615. The third-order valence-electron chi connectivity index (χ3n) is 3.68. The Morgan fingerprint density at radius 2 is 2.04 bits per heavy atom. The van der Waals surface area contributed by atoms with Gasteiger partial charge in [0.1, 0.15) is 11.4 Å². The van der Waals surface area contributed by atoms with Crippen molar-refractivity contribution in [2.45, 2.75) is 6.92 Å². The summed E-state index contributed by atoms with van der Waals surface area (Å²) in [6.07, 6.45) is 4.68. The van der Waals surface area contributed by atoms with Crippen molar-refractivity contribution in [1.82, 2.24) is 4.90 Å². The molecule has 0 saturated carbocycles. The number of hydrogen-bond donors (Lipinski definition) is 1. The lowest BCUT2D eigenvalue weighted by Gasteiger charge is -2.09. The first-order valence-electron chi connectivity index (χ1n) is 8.10. The minimum Gasteiger partial charge on any atom is -0.504 e. The predicted molar refractivity (Wildman–Crippen MR) is 109 cm³/mol. The van der Waals surface area contributed by atoms with E-state index in [9.17, 15) is 9.90 Å². The maximum atomic E-state index is 12.5. The third kappa shape index (κ3) is 4.83. The van der Waals surface area contributed by atoms with Gasteiger partial charge in [-0.3, -0.25) is 9.69 Å². The van der Waals surface area contributed by atoms with Gasteiger partial charge < -0.3 is 14.6 Å². The van der Waals surface area contributed by atoms with Crippen LogP contribution in [0.2, 0.25) is 0 Å². The van der Waals surface area contributed by atoms with Crippen LogP contribution in [0, 0.1) is 0 Å². The molecule has 0 atom stereocenters. The smallest absolute Gasteiger partial charge is 0.266 e. The van der Waals surface area contributed by atoms with E-state index in [4.69, 9.17) is 9.47 Å². The summed E-state index contributed by atoms with van der Waals surface area (Å²) in [7, 11) is 4.69. The number of thioether (sulfide) groups is 1. The molecule has 0 spiro atoms. The standard InChI is InChI=1S/C20H22N2O4S/c1-6-16(25-4)15(23)11-13(2)12-18-19(24)22(3)20(27-18)21-14-9-7-8-10-17(14)26-5/h6-12,23H,2H2,1,3-5H3/b15-11+,16-6+,18-12-,21-20?. The minimum atomic E-state index is -0.194. The fourth-order valence-corrected chi connectivity index (χ4v) is 3.30. The summed E-state index contributed by atoms with van der Waals surface area (Å²) >= 11 is 1.23. The van der Waals surface area contributed by atoms with Gasteiger partial charge in [-0.15, -0.1) is 0 Å². The molecule has 2 rings (SSSR count). The van der Waals surface area contributed by atoms with E-state index < -0.39 is 0 Å². The molecule has 6 nitrogen and oxygen atoms in total. The number of ether oxygens (including phenoxy) is 2. The summed E-state index contributed by atoms with van der Waals surface area (Å²) in [5.41, 5.74) is 1.10. The molecule has 142 valence electrons. The molecule has 0 bridgehead atoms. The van der Waals surface area contributed by atoms with Gasteiger partial charge in [0, 0.05) is 7.05 Å². The van der Waals surface area contributed by atoms with Crippen LogP contribution in [0.1, 0.15) is 6.92 Å². The highest BCUT2D eigenvalue weighted by molar-refractivity contribution is 8.18. The van der Waals surface area contributed by atoms with Crippen LogP contribution < -0.4 is 4.74 Å². The van der Waals surface area contributed by atoms with Crippen molar-refractivity contribution in [2.75, 3.05) is 21.3 Å². The van der Waals surface area contributed by atoms with Crippen molar-refractivity contribution >= 4 is 28.5 Å². The number of likely N-dealkylation sites (N-methyl/N-ethyl adjacent to an activating group) is 1. The van der Waals surface area contributed by atoms with Crippen LogP contribution in [0.25, 0.3) is 0 Å². The zero-order valence-electron chi connectivity index (χ0n) is 15.7. The van der Waals surface area contributed by atoms with Gasteiger partial charge in [-0.1, -0.05) is 18.7 Å². The van der Waals surface area contributed by atoms with E-state index in [0.717, 1.165) is 0 Å². The lowest BCUT2D eigenvalue weighted by Crippen LogP contribution is -2.23. The van der Waals surface area contributed by atoms with E-state index in [-0.39, 0.29) is 11.7 Å². The summed E-state index contributed by atoms with van der Waals surface area (Å²) in [6, 6.07) is 7.33. The van der Waals surface area contributed by atoms with Crippen LogP contribution in [0.15, 0.2) is 76.1 Å². The van der Waals surface area contributed by atoms with Gasteiger partial charge in [-0.05, 0) is 54.6 Å². The van der Waals surface area contributed by atoms with E-state index in [1.54, 1.807) is 33.2 Å². The Kier molecular flexibility index (Phi) is 6.90. The van der Waals surface area contributed by atoms with E-state index in [2.05, 4.69) is 11.6 Å². The van der Waals surface area contributed by atoms with Crippen molar-refractivity contribution in [3.63, 3.8) is 0 Å². The van der Waals surface area contributed by atoms with Gasteiger partial charge in [0.05, 0.1) is 19.1 Å². The quantitative estimate of drug-likeness (QED) is 0.448. The van der Waals surface area contributed by atoms with E-state index in [1.807, 2.05) is 24.3 Å². The van der Waals surface area contributed by atoms with Gasteiger partial charge in [0.2, 0.25) is 0 Å².